The van der Waals surface area contributed by atoms with E-state index in [2.05, 4.69) is 54.7 Å². The predicted molar refractivity (Wildman–Crippen MR) is 120 cm³/mol. The van der Waals surface area contributed by atoms with Gasteiger partial charge in [-0.25, -0.2) is 0 Å². The van der Waals surface area contributed by atoms with Crippen LogP contribution in [0.4, 0.5) is 5.00 Å². The smallest absolute Gasteiger partial charge is 0.191 e. The van der Waals surface area contributed by atoms with Crippen molar-refractivity contribution in [3.05, 3.63) is 29.2 Å². The van der Waals surface area contributed by atoms with Crippen molar-refractivity contribution < 1.29 is 0 Å². The number of nitrogens with zero attached hydrogens (tertiary/aromatic N) is 5. The number of aryl methyl sites for hydroxylation is 1. The van der Waals surface area contributed by atoms with Crippen molar-refractivity contribution in [1.29, 1.82) is 0 Å². The summed E-state index contributed by atoms with van der Waals surface area (Å²) in [6, 6.07) is 4.83. The lowest BCUT2D eigenvalue weighted by molar-refractivity contribution is 0.463. The van der Waals surface area contributed by atoms with Crippen molar-refractivity contribution in [2.24, 2.45) is 4.99 Å². The molecule has 1 fully saturated rings. The van der Waals surface area contributed by atoms with Crippen LogP contribution in [0.25, 0.3) is 0 Å². The minimum Gasteiger partial charge on any atom is -0.363 e. The molecule has 8 heteroatoms. The summed E-state index contributed by atoms with van der Waals surface area (Å²) in [7, 11) is 0. The minimum absolute atomic E-state index is 0.480. The van der Waals surface area contributed by atoms with E-state index >= 15 is 0 Å². The summed E-state index contributed by atoms with van der Waals surface area (Å²) in [4.78, 5) is 7.32. The normalized spacial score (nSPS) is 18.4. The molecule has 4 heterocycles. The average molecular weight is 416 g/mol. The first kappa shape index (κ1) is 20.2. The zero-order valence-corrected chi connectivity index (χ0v) is 18.3. The molecule has 0 amide bonds. The molecule has 2 aliphatic heterocycles. The van der Waals surface area contributed by atoms with Gasteiger partial charge in [0.15, 0.2) is 5.96 Å². The highest BCUT2D eigenvalue weighted by Crippen LogP contribution is 2.24. The molecule has 158 valence electrons. The number of piperidine rings is 1. The number of aliphatic imine (C=N–C) groups is 1. The van der Waals surface area contributed by atoms with Crippen LogP contribution in [-0.4, -0.2) is 52.9 Å². The number of thiophene rings is 1. The Kier molecular flexibility index (Phi) is 7.03. The summed E-state index contributed by atoms with van der Waals surface area (Å²) in [5, 5.41) is 19.4. The van der Waals surface area contributed by atoms with Crippen LogP contribution in [0.15, 0.2) is 22.5 Å². The third kappa shape index (κ3) is 5.29. The third-order valence-electron chi connectivity index (χ3n) is 5.79. The molecule has 2 aromatic rings. The van der Waals surface area contributed by atoms with Crippen LogP contribution in [0, 0.1) is 0 Å². The number of anilines is 1. The van der Waals surface area contributed by atoms with Crippen molar-refractivity contribution in [3.63, 3.8) is 0 Å². The molecule has 2 N–H and O–H groups in total. The molecule has 0 aliphatic carbocycles. The zero-order valence-electron chi connectivity index (χ0n) is 17.4. The topological polar surface area (TPSA) is 70.4 Å². The summed E-state index contributed by atoms with van der Waals surface area (Å²) < 4.78 is 2.32. The summed E-state index contributed by atoms with van der Waals surface area (Å²) in [5.41, 5.74) is 0. The molecule has 0 spiro atoms. The van der Waals surface area contributed by atoms with Gasteiger partial charge in [0.1, 0.15) is 11.6 Å². The fourth-order valence-corrected chi connectivity index (χ4v) is 4.99. The molecule has 0 saturated carbocycles. The van der Waals surface area contributed by atoms with Gasteiger partial charge in [-0.15, -0.1) is 21.5 Å². The van der Waals surface area contributed by atoms with Gasteiger partial charge >= 0.3 is 0 Å². The number of rotatable bonds is 6. The minimum atomic E-state index is 0.480. The van der Waals surface area contributed by atoms with Gasteiger partial charge in [-0.2, -0.15) is 0 Å². The van der Waals surface area contributed by atoms with Crippen molar-refractivity contribution >= 4 is 22.3 Å². The molecule has 0 atom stereocenters. The largest absolute Gasteiger partial charge is 0.363 e. The number of hydrogen-bond acceptors (Lipinski definition) is 5. The number of guanidine groups is 1. The standard InChI is InChI=1S/C21H33N7S/c1-2-22-21(24-17-10-14-27(15-11-17)20-8-6-16-29-20)23-12-9-19-26-25-18-7-4-3-5-13-28(18)19/h6,8,16-17H,2-5,7,9-15H2,1H3,(H2,22,23,24). The summed E-state index contributed by atoms with van der Waals surface area (Å²) in [5.74, 6) is 3.17. The van der Waals surface area contributed by atoms with E-state index < -0.39 is 0 Å². The zero-order chi connectivity index (χ0) is 19.9. The van der Waals surface area contributed by atoms with Crippen LogP contribution in [0.3, 0.4) is 0 Å². The molecule has 0 aromatic carbocycles. The number of aromatic nitrogens is 3. The first-order valence-electron chi connectivity index (χ1n) is 11.1. The molecule has 2 aliphatic rings. The van der Waals surface area contributed by atoms with E-state index in [1.807, 2.05) is 11.3 Å². The Balaban J connectivity index is 1.29. The van der Waals surface area contributed by atoms with E-state index in [0.29, 0.717) is 6.04 Å². The number of hydrogen-bond donors (Lipinski definition) is 2. The summed E-state index contributed by atoms with van der Waals surface area (Å²) >= 11 is 1.83. The monoisotopic (exact) mass is 415 g/mol. The fraction of sp³-hybridized carbons (Fsp3) is 0.667. The summed E-state index contributed by atoms with van der Waals surface area (Å²) in [6.45, 7) is 6.99. The first-order chi connectivity index (χ1) is 14.3. The van der Waals surface area contributed by atoms with E-state index in [-0.39, 0.29) is 0 Å². The highest BCUT2D eigenvalue weighted by molar-refractivity contribution is 7.14. The van der Waals surface area contributed by atoms with E-state index in [0.717, 1.165) is 76.0 Å². The summed E-state index contributed by atoms with van der Waals surface area (Å²) in [6.07, 6.45) is 7.94. The first-order valence-corrected chi connectivity index (χ1v) is 12.0. The SMILES string of the molecule is CCNC(=NCCc1nnc2n1CCCCC2)NC1CCN(c2cccs2)CC1. The average Bonchev–Trinajstić information content (AvgIpc) is 3.34. The second-order valence-electron chi connectivity index (χ2n) is 7.86. The Hall–Kier alpha value is -2.09. The molecule has 1 saturated heterocycles. The van der Waals surface area contributed by atoms with Crippen LogP contribution in [0.1, 0.15) is 50.7 Å². The van der Waals surface area contributed by atoms with Crippen LogP contribution >= 0.6 is 11.3 Å². The van der Waals surface area contributed by atoms with Crippen LogP contribution in [-0.2, 0) is 19.4 Å². The van der Waals surface area contributed by atoms with Crippen LogP contribution in [0.5, 0.6) is 0 Å². The maximum Gasteiger partial charge on any atom is 0.191 e. The van der Waals surface area contributed by atoms with E-state index in [1.54, 1.807) is 0 Å². The highest BCUT2D eigenvalue weighted by atomic mass is 32.1. The second kappa shape index (κ2) is 10.1. The van der Waals surface area contributed by atoms with E-state index in [9.17, 15) is 0 Å². The lowest BCUT2D eigenvalue weighted by Crippen LogP contribution is -2.48. The van der Waals surface area contributed by atoms with Gasteiger partial charge in [-0.3, -0.25) is 4.99 Å². The van der Waals surface area contributed by atoms with Crippen LogP contribution < -0.4 is 15.5 Å². The second-order valence-corrected chi connectivity index (χ2v) is 8.79. The molecule has 0 bridgehead atoms. The van der Waals surface area contributed by atoms with Gasteiger partial charge in [0.25, 0.3) is 0 Å². The highest BCUT2D eigenvalue weighted by Gasteiger charge is 2.21. The van der Waals surface area contributed by atoms with Gasteiger partial charge in [0.05, 0.1) is 5.00 Å². The van der Waals surface area contributed by atoms with Gasteiger partial charge in [0.2, 0.25) is 0 Å². The van der Waals surface area contributed by atoms with Crippen molar-refractivity contribution in [3.8, 4) is 0 Å². The Bertz CT molecular complexity index is 775. The quantitative estimate of drug-likeness (QED) is 0.561. The van der Waals surface area contributed by atoms with E-state index in [4.69, 9.17) is 4.99 Å². The lowest BCUT2D eigenvalue weighted by atomic mass is 10.1. The Morgan fingerprint density at radius 3 is 2.90 bits per heavy atom. The van der Waals surface area contributed by atoms with E-state index in [1.165, 1.54) is 24.3 Å². The maximum absolute atomic E-state index is 4.83. The molecule has 29 heavy (non-hydrogen) atoms. The number of fused-ring (bicyclic) bond motifs is 1. The molecule has 4 rings (SSSR count). The van der Waals surface area contributed by atoms with Crippen molar-refractivity contribution in [2.75, 3.05) is 31.1 Å². The number of nitrogens with one attached hydrogen (secondary N) is 2. The van der Waals surface area contributed by atoms with Gasteiger partial charge in [0, 0.05) is 51.6 Å². The molecular weight excluding hydrogens is 382 g/mol. The fourth-order valence-electron chi connectivity index (χ4n) is 4.21. The molecule has 7 nitrogen and oxygen atoms in total. The third-order valence-corrected chi connectivity index (χ3v) is 6.72. The van der Waals surface area contributed by atoms with Crippen molar-refractivity contribution in [2.45, 2.75) is 64.5 Å². The molecule has 2 aromatic heterocycles. The Morgan fingerprint density at radius 1 is 1.21 bits per heavy atom. The Labute approximate surface area is 177 Å². The predicted octanol–water partition coefficient (Wildman–Crippen LogP) is 2.83. The Morgan fingerprint density at radius 2 is 2.10 bits per heavy atom. The molecular formula is C21H33N7S. The van der Waals surface area contributed by atoms with Gasteiger partial charge in [-0.05, 0) is 50.1 Å². The van der Waals surface area contributed by atoms with Crippen molar-refractivity contribution in [1.82, 2.24) is 25.4 Å². The van der Waals surface area contributed by atoms with Gasteiger partial charge in [-0.1, -0.05) is 6.42 Å². The molecule has 0 radical (unpaired) electrons. The van der Waals surface area contributed by atoms with Crippen LogP contribution in [0.2, 0.25) is 0 Å². The lowest BCUT2D eigenvalue weighted by Gasteiger charge is -2.33. The van der Waals surface area contributed by atoms with Gasteiger partial charge < -0.3 is 20.1 Å². The maximum atomic E-state index is 4.83. The molecule has 0 unspecified atom stereocenters.